The molecule has 154 valence electrons. The third-order valence-corrected chi connectivity index (χ3v) is 5.23. The van der Waals surface area contributed by atoms with Crippen molar-refractivity contribution in [3.63, 3.8) is 0 Å². The van der Waals surface area contributed by atoms with E-state index >= 15 is 0 Å². The summed E-state index contributed by atoms with van der Waals surface area (Å²) >= 11 is 0. The standard InChI is InChI=1S/C27H19N3O2/c31-27(32)24-17-8-7-16-23(24)20-12-9-13-21(18-20)25-28-26(19-10-3-1-4-11-19)30(29-25)22-14-5-2-6-15-22/h1-18H,(H,31,32). The predicted molar refractivity (Wildman–Crippen MR) is 125 cm³/mol. The van der Waals surface area contributed by atoms with Crippen LogP contribution in [-0.2, 0) is 0 Å². The second-order valence-corrected chi connectivity index (χ2v) is 7.30. The third-order valence-electron chi connectivity index (χ3n) is 5.23. The minimum atomic E-state index is -0.955. The van der Waals surface area contributed by atoms with E-state index in [-0.39, 0.29) is 5.56 Å². The van der Waals surface area contributed by atoms with E-state index in [2.05, 4.69) is 0 Å². The Labute approximate surface area is 185 Å². The van der Waals surface area contributed by atoms with Crippen LogP contribution in [0.1, 0.15) is 10.4 Å². The number of aromatic carboxylic acids is 1. The van der Waals surface area contributed by atoms with Crippen LogP contribution < -0.4 is 0 Å². The van der Waals surface area contributed by atoms with Gasteiger partial charge in [0.05, 0.1) is 11.3 Å². The zero-order valence-electron chi connectivity index (χ0n) is 17.1. The molecule has 0 bridgehead atoms. The molecule has 0 spiro atoms. The Morgan fingerprint density at radius 1 is 0.688 bits per heavy atom. The second-order valence-electron chi connectivity index (χ2n) is 7.30. The first-order chi connectivity index (χ1) is 15.7. The zero-order chi connectivity index (χ0) is 21.9. The van der Waals surface area contributed by atoms with Gasteiger partial charge in [-0.1, -0.05) is 84.9 Å². The molecule has 0 saturated carbocycles. The Hall–Kier alpha value is -4.51. The van der Waals surface area contributed by atoms with Gasteiger partial charge in [0.25, 0.3) is 0 Å². The molecule has 0 unspecified atom stereocenters. The molecule has 0 aliphatic rings. The maximum atomic E-state index is 11.7. The monoisotopic (exact) mass is 417 g/mol. The molecule has 5 rings (SSSR count). The van der Waals surface area contributed by atoms with E-state index in [1.807, 2.05) is 102 Å². The number of carbonyl (C=O) groups is 1. The van der Waals surface area contributed by atoms with Crippen LogP contribution in [0.25, 0.3) is 39.6 Å². The van der Waals surface area contributed by atoms with Crippen molar-refractivity contribution < 1.29 is 9.90 Å². The van der Waals surface area contributed by atoms with E-state index < -0.39 is 5.97 Å². The number of hydrogen-bond acceptors (Lipinski definition) is 3. The van der Waals surface area contributed by atoms with Crippen LogP contribution >= 0.6 is 0 Å². The molecule has 1 heterocycles. The minimum Gasteiger partial charge on any atom is -0.478 e. The molecule has 5 heteroatoms. The highest BCUT2D eigenvalue weighted by atomic mass is 16.4. The van der Waals surface area contributed by atoms with E-state index in [4.69, 9.17) is 10.1 Å². The summed E-state index contributed by atoms with van der Waals surface area (Å²) < 4.78 is 1.84. The molecule has 0 atom stereocenters. The van der Waals surface area contributed by atoms with Crippen LogP contribution in [0.4, 0.5) is 0 Å². The maximum absolute atomic E-state index is 11.7. The Morgan fingerprint density at radius 3 is 2.06 bits per heavy atom. The van der Waals surface area contributed by atoms with Crippen LogP contribution in [-0.4, -0.2) is 25.8 Å². The van der Waals surface area contributed by atoms with Gasteiger partial charge < -0.3 is 5.11 Å². The van der Waals surface area contributed by atoms with Crippen LogP contribution in [0.5, 0.6) is 0 Å². The summed E-state index contributed by atoms with van der Waals surface area (Å²) in [7, 11) is 0. The van der Waals surface area contributed by atoms with Gasteiger partial charge in [-0.15, -0.1) is 5.10 Å². The van der Waals surface area contributed by atoms with Gasteiger partial charge >= 0.3 is 5.97 Å². The van der Waals surface area contributed by atoms with Crippen LogP contribution in [0.3, 0.4) is 0 Å². The van der Waals surface area contributed by atoms with Crippen molar-refractivity contribution in [2.75, 3.05) is 0 Å². The lowest BCUT2D eigenvalue weighted by Gasteiger charge is -2.07. The molecule has 0 saturated heterocycles. The highest BCUT2D eigenvalue weighted by molar-refractivity contribution is 5.96. The lowest BCUT2D eigenvalue weighted by molar-refractivity contribution is 0.0697. The smallest absolute Gasteiger partial charge is 0.336 e. The molecular weight excluding hydrogens is 398 g/mol. The van der Waals surface area contributed by atoms with Gasteiger partial charge in [0.2, 0.25) is 0 Å². The molecule has 1 N–H and O–H groups in total. The van der Waals surface area contributed by atoms with Crippen molar-refractivity contribution >= 4 is 5.97 Å². The Morgan fingerprint density at radius 2 is 1.31 bits per heavy atom. The SMILES string of the molecule is O=C(O)c1ccccc1-c1cccc(-c2nc(-c3ccccc3)n(-c3ccccc3)n2)c1. The van der Waals surface area contributed by atoms with Gasteiger partial charge in [-0.2, -0.15) is 0 Å². The Kier molecular flexibility index (Phi) is 5.06. The molecule has 0 radical (unpaired) electrons. The minimum absolute atomic E-state index is 0.261. The van der Waals surface area contributed by atoms with E-state index in [0.717, 1.165) is 28.2 Å². The lowest BCUT2D eigenvalue weighted by atomic mass is 9.98. The number of para-hydroxylation sites is 1. The van der Waals surface area contributed by atoms with Gasteiger partial charge in [-0.05, 0) is 35.4 Å². The highest BCUT2D eigenvalue weighted by Crippen LogP contribution is 2.30. The van der Waals surface area contributed by atoms with Crippen molar-refractivity contribution in [2.24, 2.45) is 0 Å². The summed E-state index contributed by atoms with van der Waals surface area (Å²) in [6.45, 7) is 0. The Balaban J connectivity index is 1.65. The molecule has 5 aromatic rings. The normalized spacial score (nSPS) is 10.8. The van der Waals surface area contributed by atoms with Crippen molar-refractivity contribution in [3.8, 4) is 39.6 Å². The van der Waals surface area contributed by atoms with Crippen molar-refractivity contribution in [1.82, 2.24) is 14.8 Å². The number of nitrogens with zero attached hydrogens (tertiary/aromatic N) is 3. The molecule has 5 nitrogen and oxygen atoms in total. The molecule has 0 fully saturated rings. The molecule has 0 aliphatic carbocycles. The first-order valence-corrected chi connectivity index (χ1v) is 10.2. The van der Waals surface area contributed by atoms with E-state index in [0.29, 0.717) is 11.4 Å². The van der Waals surface area contributed by atoms with Gasteiger partial charge in [0.1, 0.15) is 0 Å². The lowest BCUT2D eigenvalue weighted by Crippen LogP contribution is -1.99. The number of hydrogen-bond donors (Lipinski definition) is 1. The fourth-order valence-corrected chi connectivity index (χ4v) is 3.70. The number of aromatic nitrogens is 3. The highest BCUT2D eigenvalue weighted by Gasteiger charge is 2.16. The number of carboxylic acid groups (broad SMARTS) is 1. The number of benzene rings is 4. The van der Waals surface area contributed by atoms with Crippen LogP contribution in [0.15, 0.2) is 109 Å². The molecule has 1 aromatic heterocycles. The third kappa shape index (κ3) is 3.68. The number of rotatable bonds is 5. The first-order valence-electron chi connectivity index (χ1n) is 10.2. The number of carboxylic acids is 1. The predicted octanol–water partition coefficient (Wildman–Crippen LogP) is 5.97. The Bertz CT molecular complexity index is 1340. The van der Waals surface area contributed by atoms with Gasteiger partial charge in [-0.25, -0.2) is 14.5 Å². The topological polar surface area (TPSA) is 68.0 Å². The molecule has 0 amide bonds. The molecule has 32 heavy (non-hydrogen) atoms. The molecule has 0 aliphatic heterocycles. The van der Waals surface area contributed by atoms with E-state index in [9.17, 15) is 9.90 Å². The largest absolute Gasteiger partial charge is 0.478 e. The second kappa shape index (κ2) is 8.32. The first kappa shape index (κ1) is 19.5. The van der Waals surface area contributed by atoms with Crippen molar-refractivity contribution in [2.45, 2.75) is 0 Å². The summed E-state index contributed by atoms with van der Waals surface area (Å²) in [6.07, 6.45) is 0. The van der Waals surface area contributed by atoms with Gasteiger partial charge in [-0.3, -0.25) is 0 Å². The van der Waals surface area contributed by atoms with Crippen LogP contribution in [0.2, 0.25) is 0 Å². The fourth-order valence-electron chi connectivity index (χ4n) is 3.70. The van der Waals surface area contributed by atoms with E-state index in [1.54, 1.807) is 12.1 Å². The van der Waals surface area contributed by atoms with Gasteiger partial charge in [0.15, 0.2) is 11.6 Å². The summed E-state index contributed by atoms with van der Waals surface area (Å²) in [4.78, 5) is 16.5. The summed E-state index contributed by atoms with van der Waals surface area (Å²) in [6, 6.07) is 34.5. The molecule has 4 aromatic carbocycles. The summed E-state index contributed by atoms with van der Waals surface area (Å²) in [5, 5.41) is 14.4. The molecular formula is C27H19N3O2. The average molecular weight is 417 g/mol. The van der Waals surface area contributed by atoms with E-state index in [1.165, 1.54) is 0 Å². The van der Waals surface area contributed by atoms with Crippen LogP contribution in [0, 0.1) is 0 Å². The summed E-state index contributed by atoms with van der Waals surface area (Å²) in [5.74, 6) is 0.356. The zero-order valence-corrected chi connectivity index (χ0v) is 17.1. The van der Waals surface area contributed by atoms with Crippen molar-refractivity contribution in [3.05, 3.63) is 115 Å². The maximum Gasteiger partial charge on any atom is 0.336 e. The van der Waals surface area contributed by atoms with Crippen molar-refractivity contribution in [1.29, 1.82) is 0 Å². The quantitative estimate of drug-likeness (QED) is 0.383. The summed E-state index contributed by atoms with van der Waals surface area (Å²) in [5.41, 5.74) is 4.41. The average Bonchev–Trinajstić information content (AvgIpc) is 3.31. The van der Waals surface area contributed by atoms with Gasteiger partial charge in [0, 0.05) is 11.1 Å². The fraction of sp³-hybridized carbons (Fsp3) is 0.